The van der Waals surface area contributed by atoms with Crippen LogP contribution in [0.25, 0.3) is 0 Å². The van der Waals surface area contributed by atoms with Gasteiger partial charge in [0.2, 0.25) is 0 Å². The molecule has 0 N–H and O–H groups in total. The Kier molecular flexibility index (Phi) is 4.64. The summed E-state index contributed by atoms with van der Waals surface area (Å²) in [5.41, 5.74) is 0.0769. The first-order valence-electron chi connectivity index (χ1n) is 5.31. The van der Waals surface area contributed by atoms with E-state index in [1.54, 1.807) is 0 Å². The summed E-state index contributed by atoms with van der Waals surface area (Å²) in [6, 6.07) is 0. The van der Waals surface area contributed by atoms with Gasteiger partial charge in [0.15, 0.2) is 6.79 Å². The zero-order chi connectivity index (χ0) is 11.1. The third-order valence-corrected chi connectivity index (χ3v) is 2.55. The minimum atomic E-state index is 0.0576. The van der Waals surface area contributed by atoms with Crippen LogP contribution >= 0.6 is 0 Å². The molecule has 0 radical (unpaired) electrons. The molecule has 1 aliphatic carbocycles. The minimum Gasteiger partial charge on any atom is -0.441 e. The van der Waals surface area contributed by atoms with Crippen LogP contribution in [-0.4, -0.2) is 19.4 Å². The molecule has 1 unspecified atom stereocenters. The number of carbonyl (C=O) groups is 1. The van der Waals surface area contributed by atoms with Gasteiger partial charge in [-0.15, -0.1) is 5.92 Å². The maximum atomic E-state index is 9.95. The summed E-state index contributed by atoms with van der Waals surface area (Å²) < 4.78 is 9.95. The summed E-state index contributed by atoms with van der Waals surface area (Å²) in [5, 5.41) is 0. The molecule has 3 nitrogen and oxygen atoms in total. The van der Waals surface area contributed by atoms with Crippen molar-refractivity contribution in [3.63, 3.8) is 0 Å². The number of ether oxygens (including phenoxy) is 2. The topological polar surface area (TPSA) is 35.5 Å². The third kappa shape index (κ3) is 4.85. The second-order valence-corrected chi connectivity index (χ2v) is 4.43. The Hall–Kier alpha value is -1.01. The average Bonchev–Trinajstić information content (AvgIpc) is 2.17. The number of rotatable bonds is 4. The maximum Gasteiger partial charge on any atom is 0.295 e. The van der Waals surface area contributed by atoms with E-state index in [1.165, 1.54) is 0 Å². The molecular formula is C12H18O3. The quantitative estimate of drug-likeness (QED) is 0.308. The van der Waals surface area contributed by atoms with Crippen molar-refractivity contribution in [2.24, 2.45) is 5.41 Å². The van der Waals surface area contributed by atoms with Gasteiger partial charge in [0.05, 0.1) is 6.10 Å². The molecule has 1 rings (SSSR count). The van der Waals surface area contributed by atoms with Crippen LogP contribution < -0.4 is 0 Å². The van der Waals surface area contributed by atoms with E-state index in [2.05, 4.69) is 30.4 Å². The van der Waals surface area contributed by atoms with E-state index < -0.39 is 0 Å². The van der Waals surface area contributed by atoms with Crippen LogP contribution in [0.4, 0.5) is 0 Å². The van der Waals surface area contributed by atoms with Gasteiger partial charge in [-0.2, -0.15) is 0 Å². The predicted molar refractivity (Wildman–Crippen MR) is 56.9 cm³/mol. The van der Waals surface area contributed by atoms with Crippen LogP contribution in [0, 0.1) is 17.3 Å². The van der Waals surface area contributed by atoms with Crippen molar-refractivity contribution in [2.45, 2.75) is 45.6 Å². The molecule has 3 heteroatoms. The summed E-state index contributed by atoms with van der Waals surface area (Å²) in [7, 11) is 0. The van der Waals surface area contributed by atoms with Gasteiger partial charge in [0.1, 0.15) is 0 Å². The van der Waals surface area contributed by atoms with Crippen molar-refractivity contribution in [2.75, 3.05) is 6.79 Å². The van der Waals surface area contributed by atoms with Crippen molar-refractivity contribution >= 4 is 6.47 Å². The Bertz CT molecular complexity index is 260. The van der Waals surface area contributed by atoms with Gasteiger partial charge in [-0.25, -0.2) is 0 Å². The van der Waals surface area contributed by atoms with E-state index in [9.17, 15) is 4.79 Å². The fraction of sp³-hybridized carbons (Fsp3) is 0.750. The van der Waals surface area contributed by atoms with Gasteiger partial charge < -0.3 is 9.47 Å². The molecule has 0 saturated carbocycles. The van der Waals surface area contributed by atoms with Crippen LogP contribution in [0.15, 0.2) is 0 Å². The Balaban J connectivity index is 2.37. The number of carbonyl (C=O) groups excluding carboxylic acids is 1. The van der Waals surface area contributed by atoms with E-state index in [-0.39, 0.29) is 18.3 Å². The molecule has 0 amide bonds. The second kappa shape index (κ2) is 5.77. The lowest BCUT2D eigenvalue weighted by Crippen LogP contribution is -2.20. The van der Waals surface area contributed by atoms with Crippen molar-refractivity contribution in [1.82, 2.24) is 0 Å². The monoisotopic (exact) mass is 210 g/mol. The molecule has 0 aliphatic heterocycles. The van der Waals surface area contributed by atoms with Gasteiger partial charge in [0, 0.05) is 11.8 Å². The average molecular weight is 210 g/mol. The molecule has 0 aromatic heterocycles. The molecule has 15 heavy (non-hydrogen) atoms. The SMILES string of the molecule is CC1(C)C#CCCC(OCOC=O)CC1. The largest absolute Gasteiger partial charge is 0.441 e. The molecule has 84 valence electrons. The van der Waals surface area contributed by atoms with Crippen molar-refractivity contribution < 1.29 is 14.3 Å². The number of hydrogen-bond acceptors (Lipinski definition) is 3. The van der Waals surface area contributed by atoms with Crippen LogP contribution in [-0.2, 0) is 14.3 Å². The van der Waals surface area contributed by atoms with Crippen LogP contribution in [0.1, 0.15) is 39.5 Å². The number of hydrogen-bond donors (Lipinski definition) is 0. The highest BCUT2D eigenvalue weighted by Gasteiger charge is 2.19. The molecular weight excluding hydrogens is 192 g/mol. The highest BCUT2D eigenvalue weighted by atomic mass is 16.7. The normalized spacial score (nSPS) is 24.3. The zero-order valence-corrected chi connectivity index (χ0v) is 9.41. The second-order valence-electron chi connectivity index (χ2n) is 4.43. The summed E-state index contributed by atoms with van der Waals surface area (Å²) in [5.74, 6) is 6.41. The lowest BCUT2D eigenvalue weighted by molar-refractivity contribution is -0.146. The Morgan fingerprint density at radius 2 is 2.27 bits per heavy atom. The summed E-state index contributed by atoms with van der Waals surface area (Å²) in [6.07, 6.45) is 3.94. The molecule has 0 saturated heterocycles. The summed E-state index contributed by atoms with van der Waals surface area (Å²) >= 11 is 0. The maximum absolute atomic E-state index is 9.95. The molecule has 0 heterocycles. The molecule has 0 bridgehead atoms. The molecule has 1 atom stereocenters. The van der Waals surface area contributed by atoms with E-state index >= 15 is 0 Å². The molecule has 0 spiro atoms. The van der Waals surface area contributed by atoms with Gasteiger partial charge in [0.25, 0.3) is 6.47 Å². The standard InChI is InChI=1S/C12H18O3/c1-12(2)7-4-3-5-11(6-8-12)15-10-14-9-13/h9,11H,3,5-6,8,10H2,1-2H3. The first-order chi connectivity index (χ1) is 7.14. The Labute approximate surface area is 91.1 Å². The summed E-state index contributed by atoms with van der Waals surface area (Å²) in [6.45, 7) is 4.75. The fourth-order valence-electron chi connectivity index (χ4n) is 1.59. The first-order valence-corrected chi connectivity index (χ1v) is 5.31. The van der Waals surface area contributed by atoms with E-state index in [4.69, 9.17) is 4.74 Å². The molecule has 0 aromatic rings. The highest BCUT2D eigenvalue weighted by molar-refractivity contribution is 5.36. The highest BCUT2D eigenvalue weighted by Crippen LogP contribution is 2.25. The van der Waals surface area contributed by atoms with E-state index in [0.717, 1.165) is 25.7 Å². The van der Waals surface area contributed by atoms with Gasteiger partial charge in [-0.05, 0) is 33.1 Å². The third-order valence-electron chi connectivity index (χ3n) is 2.55. The Morgan fingerprint density at radius 3 is 3.00 bits per heavy atom. The van der Waals surface area contributed by atoms with Crippen molar-refractivity contribution in [3.8, 4) is 11.8 Å². The van der Waals surface area contributed by atoms with E-state index in [1.807, 2.05) is 0 Å². The van der Waals surface area contributed by atoms with Crippen LogP contribution in [0.5, 0.6) is 0 Å². The van der Waals surface area contributed by atoms with E-state index in [0.29, 0.717) is 6.47 Å². The summed E-state index contributed by atoms with van der Waals surface area (Å²) in [4.78, 5) is 9.95. The Morgan fingerprint density at radius 1 is 1.47 bits per heavy atom. The predicted octanol–water partition coefficient (Wildman–Crippen LogP) is 2.11. The lowest BCUT2D eigenvalue weighted by atomic mass is 9.85. The minimum absolute atomic E-state index is 0.0576. The lowest BCUT2D eigenvalue weighted by Gasteiger charge is -2.24. The van der Waals surface area contributed by atoms with Gasteiger partial charge in [-0.3, -0.25) is 4.79 Å². The fourth-order valence-corrected chi connectivity index (χ4v) is 1.59. The van der Waals surface area contributed by atoms with Gasteiger partial charge >= 0.3 is 0 Å². The zero-order valence-electron chi connectivity index (χ0n) is 9.41. The first kappa shape index (κ1) is 12.1. The van der Waals surface area contributed by atoms with Crippen LogP contribution in [0.3, 0.4) is 0 Å². The van der Waals surface area contributed by atoms with Crippen molar-refractivity contribution in [1.29, 1.82) is 0 Å². The van der Waals surface area contributed by atoms with Gasteiger partial charge in [-0.1, -0.05) is 5.92 Å². The van der Waals surface area contributed by atoms with Crippen molar-refractivity contribution in [3.05, 3.63) is 0 Å². The molecule has 0 fully saturated rings. The van der Waals surface area contributed by atoms with Crippen LogP contribution in [0.2, 0.25) is 0 Å². The smallest absolute Gasteiger partial charge is 0.295 e. The molecule has 1 aliphatic rings. The molecule has 0 aromatic carbocycles.